The van der Waals surface area contributed by atoms with Crippen LogP contribution in [0.4, 0.5) is 5.69 Å². The predicted octanol–water partition coefficient (Wildman–Crippen LogP) is 4.06. The molecule has 0 saturated heterocycles. The monoisotopic (exact) mass is 446 g/mol. The summed E-state index contributed by atoms with van der Waals surface area (Å²) >= 11 is 12.3. The number of halogens is 3. The molecule has 0 bridgehead atoms. The van der Waals surface area contributed by atoms with E-state index in [0.717, 1.165) is 4.47 Å². The van der Waals surface area contributed by atoms with E-state index >= 15 is 0 Å². The fourth-order valence-corrected chi connectivity index (χ4v) is 2.75. The molecule has 8 heteroatoms. The number of hydrogen-bond acceptors (Lipinski definition) is 4. The van der Waals surface area contributed by atoms with Crippen LogP contribution in [-0.4, -0.2) is 23.5 Å². The van der Waals surface area contributed by atoms with Crippen LogP contribution in [0, 0.1) is 0 Å². The first-order valence-electron chi connectivity index (χ1n) is 5.99. The number of amides is 1. The van der Waals surface area contributed by atoms with E-state index in [0.29, 0.717) is 10.2 Å². The molecule has 0 spiro atoms. The molecule has 0 atom stereocenters. The van der Waals surface area contributed by atoms with Crippen molar-refractivity contribution in [1.29, 1.82) is 0 Å². The van der Waals surface area contributed by atoms with Crippen molar-refractivity contribution in [3.8, 4) is 0 Å². The molecule has 0 aliphatic carbocycles. The highest BCUT2D eigenvalue weighted by atomic mass is 79.9. The summed E-state index contributed by atoms with van der Waals surface area (Å²) in [5.41, 5.74) is 0.805. The molecule has 0 fully saturated rings. The molecule has 0 aliphatic heterocycles. The van der Waals surface area contributed by atoms with E-state index in [9.17, 15) is 9.59 Å². The third-order valence-corrected chi connectivity index (χ3v) is 3.88. The van der Waals surface area contributed by atoms with Crippen LogP contribution in [0.2, 0.25) is 5.15 Å². The van der Waals surface area contributed by atoms with Gasteiger partial charge in [0.15, 0.2) is 6.61 Å². The van der Waals surface area contributed by atoms with Crippen LogP contribution in [0.15, 0.2) is 45.5 Å². The Kier molecular flexibility index (Phi) is 5.93. The largest absolute Gasteiger partial charge is 0.452 e. The van der Waals surface area contributed by atoms with Gasteiger partial charge < -0.3 is 10.1 Å². The number of pyridine rings is 1. The highest BCUT2D eigenvalue weighted by Crippen LogP contribution is 2.26. The number of esters is 1. The van der Waals surface area contributed by atoms with Gasteiger partial charge in [-0.1, -0.05) is 27.5 Å². The van der Waals surface area contributed by atoms with Gasteiger partial charge in [0.2, 0.25) is 0 Å². The quantitative estimate of drug-likeness (QED) is 0.566. The van der Waals surface area contributed by atoms with Gasteiger partial charge in [-0.3, -0.25) is 4.79 Å². The summed E-state index contributed by atoms with van der Waals surface area (Å²) < 4.78 is 6.49. The molecule has 2 rings (SSSR count). The number of hydrogen-bond donors (Lipinski definition) is 1. The molecule has 1 aromatic heterocycles. The van der Waals surface area contributed by atoms with Crippen molar-refractivity contribution in [3.05, 3.63) is 56.2 Å². The van der Waals surface area contributed by atoms with Gasteiger partial charge in [-0.2, -0.15) is 0 Å². The van der Waals surface area contributed by atoms with Crippen LogP contribution in [0.1, 0.15) is 10.4 Å². The summed E-state index contributed by atoms with van der Waals surface area (Å²) in [6.45, 7) is -0.399. The number of nitrogens with one attached hydrogen (secondary N) is 1. The van der Waals surface area contributed by atoms with Crippen molar-refractivity contribution < 1.29 is 14.3 Å². The van der Waals surface area contributed by atoms with Crippen molar-refractivity contribution >= 4 is 61.0 Å². The Morgan fingerprint density at radius 1 is 1.23 bits per heavy atom. The number of carbonyl (C=O) groups is 2. The number of ether oxygens (including phenoxy) is 1. The van der Waals surface area contributed by atoms with Gasteiger partial charge in [0.25, 0.3) is 5.91 Å². The molecule has 0 saturated carbocycles. The Labute approximate surface area is 148 Å². The SMILES string of the molecule is O=C(COC(=O)c1ccc(Cl)nc1)Nc1ccc(Br)cc1Br. The molecule has 1 heterocycles. The van der Waals surface area contributed by atoms with Crippen LogP contribution in [0.5, 0.6) is 0 Å². The number of carbonyl (C=O) groups excluding carboxylic acids is 2. The fourth-order valence-electron chi connectivity index (χ4n) is 1.49. The Hall–Kier alpha value is -1.44. The Balaban J connectivity index is 1.89. The molecule has 1 amide bonds. The normalized spacial score (nSPS) is 10.1. The minimum atomic E-state index is -0.644. The molecule has 0 unspecified atom stereocenters. The van der Waals surface area contributed by atoms with E-state index in [4.69, 9.17) is 16.3 Å². The summed E-state index contributed by atoms with van der Waals surface area (Å²) in [5, 5.41) is 2.91. The lowest BCUT2D eigenvalue weighted by molar-refractivity contribution is -0.119. The maximum absolute atomic E-state index is 11.8. The highest BCUT2D eigenvalue weighted by Gasteiger charge is 2.12. The Morgan fingerprint density at radius 2 is 2.00 bits per heavy atom. The first-order valence-corrected chi connectivity index (χ1v) is 7.95. The van der Waals surface area contributed by atoms with Crippen LogP contribution >= 0.6 is 43.5 Å². The maximum atomic E-state index is 11.8. The minimum absolute atomic E-state index is 0.224. The maximum Gasteiger partial charge on any atom is 0.340 e. The van der Waals surface area contributed by atoms with Crippen molar-refractivity contribution in [2.45, 2.75) is 0 Å². The van der Waals surface area contributed by atoms with Gasteiger partial charge in [0.05, 0.1) is 11.3 Å². The van der Waals surface area contributed by atoms with Crippen LogP contribution in [0.3, 0.4) is 0 Å². The standard InChI is InChI=1S/C14H9Br2ClN2O3/c15-9-2-3-11(10(16)5-9)19-13(20)7-22-14(21)8-1-4-12(17)18-6-8/h1-6H,7H2,(H,19,20). The molecular formula is C14H9Br2ClN2O3. The van der Waals surface area contributed by atoms with Gasteiger partial charge in [-0.15, -0.1) is 0 Å². The molecule has 22 heavy (non-hydrogen) atoms. The van der Waals surface area contributed by atoms with Crippen molar-refractivity contribution in [2.75, 3.05) is 11.9 Å². The summed E-state index contributed by atoms with van der Waals surface area (Å²) in [6, 6.07) is 8.24. The molecule has 2 aromatic rings. The predicted molar refractivity (Wildman–Crippen MR) is 90.0 cm³/mol. The van der Waals surface area contributed by atoms with Gasteiger partial charge >= 0.3 is 5.97 Å². The lowest BCUT2D eigenvalue weighted by atomic mass is 10.3. The van der Waals surface area contributed by atoms with Crippen molar-refractivity contribution in [2.24, 2.45) is 0 Å². The Bertz CT molecular complexity index is 708. The number of aromatic nitrogens is 1. The van der Waals surface area contributed by atoms with Gasteiger partial charge in [0.1, 0.15) is 5.15 Å². The van der Waals surface area contributed by atoms with Crippen LogP contribution < -0.4 is 5.32 Å². The van der Waals surface area contributed by atoms with Gasteiger partial charge in [-0.25, -0.2) is 9.78 Å². The van der Waals surface area contributed by atoms with Crippen LogP contribution in [0.25, 0.3) is 0 Å². The first-order chi connectivity index (χ1) is 10.5. The summed E-state index contributed by atoms with van der Waals surface area (Å²) in [6.07, 6.45) is 1.29. The summed E-state index contributed by atoms with van der Waals surface area (Å²) in [7, 11) is 0. The lowest BCUT2D eigenvalue weighted by Crippen LogP contribution is -2.21. The van der Waals surface area contributed by atoms with Crippen LogP contribution in [-0.2, 0) is 9.53 Å². The smallest absolute Gasteiger partial charge is 0.340 e. The third-order valence-electron chi connectivity index (χ3n) is 2.50. The second-order valence-electron chi connectivity index (χ2n) is 4.12. The number of benzene rings is 1. The fraction of sp³-hybridized carbons (Fsp3) is 0.0714. The number of anilines is 1. The second kappa shape index (κ2) is 7.71. The lowest BCUT2D eigenvalue weighted by Gasteiger charge is -2.08. The van der Waals surface area contributed by atoms with E-state index in [-0.39, 0.29) is 10.7 Å². The molecule has 5 nitrogen and oxygen atoms in total. The Morgan fingerprint density at radius 3 is 2.64 bits per heavy atom. The minimum Gasteiger partial charge on any atom is -0.452 e. The molecule has 1 aromatic carbocycles. The average Bonchev–Trinajstić information content (AvgIpc) is 2.48. The van der Waals surface area contributed by atoms with E-state index in [1.54, 1.807) is 18.2 Å². The van der Waals surface area contributed by atoms with E-state index in [1.807, 2.05) is 0 Å². The zero-order chi connectivity index (χ0) is 16.1. The molecule has 1 N–H and O–H groups in total. The highest BCUT2D eigenvalue weighted by molar-refractivity contribution is 9.11. The average molecular weight is 448 g/mol. The first kappa shape index (κ1) is 16.9. The summed E-state index contributed by atoms with van der Waals surface area (Å²) in [4.78, 5) is 27.3. The molecule has 0 aliphatic rings. The molecular weight excluding hydrogens is 439 g/mol. The third kappa shape index (κ3) is 4.79. The number of nitrogens with zero attached hydrogens (tertiary/aromatic N) is 1. The van der Waals surface area contributed by atoms with E-state index in [2.05, 4.69) is 42.2 Å². The number of rotatable bonds is 4. The van der Waals surface area contributed by atoms with Crippen molar-refractivity contribution in [3.63, 3.8) is 0 Å². The topological polar surface area (TPSA) is 68.3 Å². The van der Waals surface area contributed by atoms with E-state index in [1.165, 1.54) is 18.3 Å². The zero-order valence-corrected chi connectivity index (χ0v) is 14.9. The molecule has 0 radical (unpaired) electrons. The van der Waals surface area contributed by atoms with Gasteiger partial charge in [0, 0.05) is 15.1 Å². The molecule has 114 valence electrons. The van der Waals surface area contributed by atoms with E-state index < -0.39 is 18.5 Å². The van der Waals surface area contributed by atoms with Crippen molar-refractivity contribution in [1.82, 2.24) is 4.98 Å². The second-order valence-corrected chi connectivity index (χ2v) is 6.28. The summed E-state index contributed by atoms with van der Waals surface area (Å²) in [5.74, 6) is -1.09. The van der Waals surface area contributed by atoms with Gasteiger partial charge in [-0.05, 0) is 46.3 Å². The zero-order valence-electron chi connectivity index (χ0n) is 11.0.